The predicted molar refractivity (Wildman–Crippen MR) is 60.5 cm³/mol. The number of hydrogen-bond acceptors (Lipinski definition) is 3. The van der Waals surface area contributed by atoms with E-state index in [-0.39, 0.29) is 0 Å². The summed E-state index contributed by atoms with van der Waals surface area (Å²) in [5.41, 5.74) is 2.33. The van der Waals surface area contributed by atoms with Crippen molar-refractivity contribution in [2.75, 3.05) is 18.1 Å². The first kappa shape index (κ1) is 10.1. The Kier molecular flexibility index (Phi) is 3.48. The Morgan fingerprint density at radius 3 is 3.29 bits per heavy atom. The second-order valence-corrected chi connectivity index (χ2v) is 4.98. The Morgan fingerprint density at radius 1 is 1.71 bits per heavy atom. The highest BCUT2D eigenvalue weighted by molar-refractivity contribution is 7.99. The SMILES string of the molecule is Cc1[nH]cnc1CNCC1CCSC1. The quantitative estimate of drug-likeness (QED) is 0.794. The molecule has 0 bridgehead atoms. The van der Waals surface area contributed by atoms with Crippen LogP contribution in [0.4, 0.5) is 0 Å². The Morgan fingerprint density at radius 2 is 2.64 bits per heavy atom. The maximum atomic E-state index is 4.26. The molecule has 0 spiro atoms. The minimum absolute atomic E-state index is 0.874. The zero-order valence-corrected chi connectivity index (χ0v) is 9.36. The molecule has 3 nitrogen and oxygen atoms in total. The second-order valence-electron chi connectivity index (χ2n) is 3.83. The summed E-state index contributed by atoms with van der Waals surface area (Å²) >= 11 is 2.07. The summed E-state index contributed by atoms with van der Waals surface area (Å²) in [7, 11) is 0. The fraction of sp³-hybridized carbons (Fsp3) is 0.700. The zero-order valence-electron chi connectivity index (χ0n) is 8.55. The van der Waals surface area contributed by atoms with E-state index >= 15 is 0 Å². The van der Waals surface area contributed by atoms with Gasteiger partial charge in [0.25, 0.3) is 0 Å². The third-order valence-corrected chi connectivity index (χ3v) is 3.92. The summed E-state index contributed by atoms with van der Waals surface area (Å²) in [4.78, 5) is 7.35. The zero-order chi connectivity index (χ0) is 9.80. The number of imidazole rings is 1. The molecule has 1 fully saturated rings. The van der Waals surface area contributed by atoms with Crippen molar-refractivity contribution in [1.29, 1.82) is 0 Å². The average Bonchev–Trinajstić information content (AvgIpc) is 2.78. The largest absolute Gasteiger partial charge is 0.348 e. The van der Waals surface area contributed by atoms with E-state index < -0.39 is 0 Å². The van der Waals surface area contributed by atoms with Crippen molar-refractivity contribution in [2.45, 2.75) is 19.9 Å². The Labute approximate surface area is 89.1 Å². The van der Waals surface area contributed by atoms with Gasteiger partial charge in [-0.2, -0.15) is 11.8 Å². The Bertz CT molecular complexity index is 279. The molecule has 0 aliphatic carbocycles. The van der Waals surface area contributed by atoms with Gasteiger partial charge in [0.1, 0.15) is 0 Å². The standard InChI is InChI=1S/C10H17N3S/c1-8-10(13-7-12-8)5-11-4-9-2-3-14-6-9/h7,9,11H,2-6H2,1H3,(H,12,13). The number of nitrogens with zero attached hydrogens (tertiary/aromatic N) is 1. The smallest absolute Gasteiger partial charge is 0.0925 e. The number of thioether (sulfide) groups is 1. The molecule has 1 atom stereocenters. The molecule has 1 aliphatic rings. The Balaban J connectivity index is 1.70. The van der Waals surface area contributed by atoms with Gasteiger partial charge in [-0.3, -0.25) is 0 Å². The summed E-state index contributed by atoms with van der Waals surface area (Å²) in [6.07, 6.45) is 3.13. The number of aryl methyl sites for hydroxylation is 1. The van der Waals surface area contributed by atoms with Crippen LogP contribution in [0.2, 0.25) is 0 Å². The van der Waals surface area contributed by atoms with Gasteiger partial charge in [0.2, 0.25) is 0 Å². The molecule has 1 aliphatic heterocycles. The van der Waals surface area contributed by atoms with Crippen molar-refractivity contribution in [1.82, 2.24) is 15.3 Å². The molecule has 14 heavy (non-hydrogen) atoms. The lowest BCUT2D eigenvalue weighted by Crippen LogP contribution is -2.22. The van der Waals surface area contributed by atoms with Crippen LogP contribution in [0.15, 0.2) is 6.33 Å². The van der Waals surface area contributed by atoms with Crippen molar-refractivity contribution >= 4 is 11.8 Å². The minimum atomic E-state index is 0.874. The van der Waals surface area contributed by atoms with Gasteiger partial charge < -0.3 is 10.3 Å². The third-order valence-electron chi connectivity index (χ3n) is 2.68. The fourth-order valence-corrected chi connectivity index (χ4v) is 2.99. The molecule has 0 saturated carbocycles. The van der Waals surface area contributed by atoms with E-state index in [2.05, 4.69) is 34.0 Å². The van der Waals surface area contributed by atoms with E-state index in [1.807, 2.05) is 0 Å². The van der Waals surface area contributed by atoms with E-state index in [1.54, 1.807) is 6.33 Å². The fourth-order valence-electron chi connectivity index (χ4n) is 1.70. The topological polar surface area (TPSA) is 40.7 Å². The summed E-state index contributed by atoms with van der Waals surface area (Å²) < 4.78 is 0. The van der Waals surface area contributed by atoms with Crippen LogP contribution >= 0.6 is 11.8 Å². The highest BCUT2D eigenvalue weighted by Crippen LogP contribution is 2.22. The van der Waals surface area contributed by atoms with Crippen LogP contribution in [0.5, 0.6) is 0 Å². The van der Waals surface area contributed by atoms with Gasteiger partial charge in [0.15, 0.2) is 0 Å². The summed E-state index contributed by atoms with van der Waals surface area (Å²) in [5.74, 6) is 3.54. The van der Waals surface area contributed by atoms with E-state index in [1.165, 1.54) is 23.6 Å². The van der Waals surface area contributed by atoms with Crippen LogP contribution < -0.4 is 5.32 Å². The molecule has 1 aromatic heterocycles. The predicted octanol–water partition coefficient (Wildman–Crippen LogP) is 1.56. The highest BCUT2D eigenvalue weighted by Gasteiger charge is 2.14. The lowest BCUT2D eigenvalue weighted by Gasteiger charge is -2.08. The van der Waals surface area contributed by atoms with E-state index in [0.29, 0.717) is 0 Å². The number of H-pyrrole nitrogens is 1. The molecule has 0 radical (unpaired) electrons. The van der Waals surface area contributed by atoms with Crippen LogP contribution in [0, 0.1) is 12.8 Å². The molecule has 4 heteroatoms. The molecule has 1 aromatic rings. The van der Waals surface area contributed by atoms with Gasteiger partial charge in [-0.15, -0.1) is 0 Å². The molecule has 0 aromatic carbocycles. The average molecular weight is 211 g/mol. The minimum Gasteiger partial charge on any atom is -0.348 e. The third kappa shape index (κ3) is 2.51. The van der Waals surface area contributed by atoms with E-state index in [0.717, 1.165) is 24.7 Å². The Hall–Kier alpha value is -0.480. The normalized spacial score (nSPS) is 21.6. The summed E-state index contributed by atoms with van der Waals surface area (Å²) in [6.45, 7) is 4.10. The van der Waals surface area contributed by atoms with Crippen LogP contribution in [0.1, 0.15) is 17.8 Å². The van der Waals surface area contributed by atoms with Gasteiger partial charge >= 0.3 is 0 Å². The van der Waals surface area contributed by atoms with Crippen LogP contribution in [0.25, 0.3) is 0 Å². The first-order valence-electron chi connectivity index (χ1n) is 5.13. The maximum absolute atomic E-state index is 4.26. The molecule has 2 rings (SSSR count). The number of aromatic amines is 1. The number of nitrogens with one attached hydrogen (secondary N) is 2. The van der Waals surface area contributed by atoms with Crippen molar-refractivity contribution in [3.8, 4) is 0 Å². The second kappa shape index (κ2) is 4.84. The molecule has 2 N–H and O–H groups in total. The molecule has 1 saturated heterocycles. The van der Waals surface area contributed by atoms with Crippen molar-refractivity contribution in [3.63, 3.8) is 0 Å². The van der Waals surface area contributed by atoms with Gasteiger partial charge in [-0.1, -0.05) is 0 Å². The van der Waals surface area contributed by atoms with Crippen LogP contribution in [0.3, 0.4) is 0 Å². The van der Waals surface area contributed by atoms with Gasteiger partial charge in [-0.25, -0.2) is 4.98 Å². The first-order chi connectivity index (χ1) is 6.86. The maximum Gasteiger partial charge on any atom is 0.0925 e. The lowest BCUT2D eigenvalue weighted by atomic mass is 10.1. The van der Waals surface area contributed by atoms with Crippen molar-refractivity contribution in [2.24, 2.45) is 5.92 Å². The summed E-state index contributed by atoms with van der Waals surface area (Å²) in [5, 5.41) is 3.47. The molecule has 2 heterocycles. The van der Waals surface area contributed by atoms with Crippen LogP contribution in [-0.2, 0) is 6.54 Å². The van der Waals surface area contributed by atoms with Gasteiger partial charge in [0, 0.05) is 12.2 Å². The molecule has 0 amide bonds. The van der Waals surface area contributed by atoms with E-state index in [4.69, 9.17) is 0 Å². The number of rotatable bonds is 4. The first-order valence-corrected chi connectivity index (χ1v) is 6.29. The lowest BCUT2D eigenvalue weighted by molar-refractivity contribution is 0.520. The number of aromatic nitrogens is 2. The molecular weight excluding hydrogens is 194 g/mol. The molecule has 78 valence electrons. The van der Waals surface area contributed by atoms with E-state index in [9.17, 15) is 0 Å². The van der Waals surface area contributed by atoms with Crippen molar-refractivity contribution < 1.29 is 0 Å². The van der Waals surface area contributed by atoms with Gasteiger partial charge in [0.05, 0.1) is 12.0 Å². The van der Waals surface area contributed by atoms with Crippen molar-refractivity contribution in [3.05, 3.63) is 17.7 Å². The highest BCUT2D eigenvalue weighted by atomic mass is 32.2. The monoisotopic (exact) mass is 211 g/mol. The molecular formula is C10H17N3S. The van der Waals surface area contributed by atoms with Crippen LogP contribution in [-0.4, -0.2) is 28.0 Å². The van der Waals surface area contributed by atoms with Gasteiger partial charge in [-0.05, 0) is 37.3 Å². The molecule has 1 unspecified atom stereocenters. The number of hydrogen-bond donors (Lipinski definition) is 2. The summed E-state index contributed by atoms with van der Waals surface area (Å²) in [6, 6.07) is 0.